The van der Waals surface area contributed by atoms with Crippen LogP contribution in [-0.2, 0) is 0 Å². The molecule has 3 N–H and O–H groups in total. The van der Waals surface area contributed by atoms with Gasteiger partial charge in [-0.05, 0) is 12.1 Å². The van der Waals surface area contributed by atoms with Crippen molar-refractivity contribution < 1.29 is 13.5 Å². The quantitative estimate of drug-likeness (QED) is 0.832. The number of H-pyrrole nitrogens is 1. The minimum absolute atomic E-state index is 0.0197. The number of nitrogens with one attached hydrogen (secondary N) is 1. The van der Waals surface area contributed by atoms with Gasteiger partial charge in [0.25, 0.3) is 6.43 Å². The fourth-order valence-electron chi connectivity index (χ4n) is 1.87. The minimum Gasteiger partial charge on any atom is -0.486 e. The van der Waals surface area contributed by atoms with Gasteiger partial charge >= 0.3 is 0 Å². The van der Waals surface area contributed by atoms with E-state index < -0.39 is 13.0 Å². The maximum Gasteiger partial charge on any atom is 0.272 e. The van der Waals surface area contributed by atoms with Crippen molar-refractivity contribution in [2.45, 2.75) is 6.43 Å². The molecule has 0 spiro atoms. The molecule has 6 nitrogen and oxygen atoms in total. The fraction of sp³-hybridized carbons (Fsp3) is 0.143. The molecule has 2 aromatic heterocycles. The van der Waals surface area contributed by atoms with E-state index in [1.807, 2.05) is 12.1 Å². The van der Waals surface area contributed by atoms with Crippen molar-refractivity contribution in [1.29, 1.82) is 10.5 Å². The van der Waals surface area contributed by atoms with E-state index in [0.29, 0.717) is 0 Å². The Bertz CT molecular complexity index is 865. The van der Waals surface area contributed by atoms with Gasteiger partial charge in [0.2, 0.25) is 0 Å². The monoisotopic (exact) mass is 333 g/mol. The number of pyridine rings is 2. The van der Waals surface area contributed by atoms with Gasteiger partial charge in [-0.2, -0.15) is 10.5 Å². The SMILES string of the molecule is N#Cc1c(N)[nH]c(=S)c(C#N)c1-c1ccc(OCC(F)F)cn1. The summed E-state index contributed by atoms with van der Waals surface area (Å²) in [6.45, 7) is -0.753. The number of hydrogen-bond donors (Lipinski definition) is 2. The third-order valence-electron chi connectivity index (χ3n) is 2.84. The van der Waals surface area contributed by atoms with Crippen LogP contribution < -0.4 is 10.5 Å². The summed E-state index contributed by atoms with van der Waals surface area (Å²) in [5.41, 5.74) is 6.25. The Labute approximate surface area is 134 Å². The molecular formula is C14H9F2N5OS. The van der Waals surface area contributed by atoms with Crippen LogP contribution >= 0.6 is 12.2 Å². The maximum atomic E-state index is 12.1. The van der Waals surface area contributed by atoms with Crippen LogP contribution in [0.1, 0.15) is 11.1 Å². The smallest absolute Gasteiger partial charge is 0.272 e. The highest BCUT2D eigenvalue weighted by Gasteiger charge is 2.17. The molecule has 0 fully saturated rings. The molecule has 2 heterocycles. The van der Waals surface area contributed by atoms with Crippen molar-refractivity contribution in [3.63, 3.8) is 0 Å². The lowest BCUT2D eigenvalue weighted by Crippen LogP contribution is -2.07. The lowest BCUT2D eigenvalue weighted by molar-refractivity contribution is 0.0817. The predicted molar refractivity (Wildman–Crippen MR) is 80.2 cm³/mol. The molecule has 0 saturated heterocycles. The van der Waals surface area contributed by atoms with Crippen molar-refractivity contribution in [1.82, 2.24) is 9.97 Å². The Kier molecular flexibility index (Phi) is 4.84. The van der Waals surface area contributed by atoms with Gasteiger partial charge in [0, 0.05) is 5.56 Å². The van der Waals surface area contributed by atoms with Gasteiger partial charge in [0.1, 0.15) is 40.5 Å². The number of nitrogens with two attached hydrogens (primary N) is 1. The van der Waals surface area contributed by atoms with E-state index in [1.54, 1.807) is 0 Å². The van der Waals surface area contributed by atoms with E-state index in [9.17, 15) is 19.3 Å². The molecule has 0 aliphatic carbocycles. The van der Waals surface area contributed by atoms with Crippen molar-refractivity contribution in [3.05, 3.63) is 34.1 Å². The molecule has 9 heteroatoms. The second-order valence-corrected chi connectivity index (χ2v) is 4.71. The first-order valence-electron chi connectivity index (χ1n) is 6.21. The average molecular weight is 333 g/mol. The summed E-state index contributed by atoms with van der Waals surface area (Å²) in [6.07, 6.45) is -1.38. The Morgan fingerprint density at radius 2 is 2.00 bits per heavy atom. The third kappa shape index (κ3) is 3.42. The van der Waals surface area contributed by atoms with E-state index in [2.05, 4.69) is 9.97 Å². The van der Waals surface area contributed by atoms with Crippen LogP contribution in [0.2, 0.25) is 0 Å². The predicted octanol–water partition coefficient (Wildman–Crippen LogP) is 2.78. The molecule has 0 aliphatic rings. The highest BCUT2D eigenvalue weighted by atomic mass is 32.1. The summed E-state index contributed by atoms with van der Waals surface area (Å²) in [5, 5.41) is 18.5. The van der Waals surface area contributed by atoms with Crippen LogP contribution in [0.5, 0.6) is 5.75 Å². The normalized spacial score (nSPS) is 10.1. The molecule has 0 saturated carbocycles. The first-order chi connectivity index (χ1) is 11.0. The van der Waals surface area contributed by atoms with Gasteiger partial charge < -0.3 is 15.5 Å². The number of nitrogens with zero attached hydrogens (tertiary/aromatic N) is 3. The number of alkyl halides is 2. The number of nitrogen functional groups attached to an aromatic ring is 1. The van der Waals surface area contributed by atoms with Crippen LogP contribution in [-0.4, -0.2) is 23.0 Å². The Morgan fingerprint density at radius 1 is 1.30 bits per heavy atom. The zero-order valence-electron chi connectivity index (χ0n) is 11.5. The molecule has 116 valence electrons. The molecule has 0 amide bonds. The number of hydrogen-bond acceptors (Lipinski definition) is 6. The summed E-state index contributed by atoms with van der Waals surface area (Å²) in [4.78, 5) is 6.61. The van der Waals surface area contributed by atoms with E-state index in [4.69, 9.17) is 22.7 Å². The zero-order valence-corrected chi connectivity index (χ0v) is 12.3. The van der Waals surface area contributed by atoms with Crippen LogP contribution in [0, 0.1) is 27.3 Å². The van der Waals surface area contributed by atoms with Crippen molar-refractivity contribution in [3.8, 4) is 29.1 Å². The summed E-state index contributed by atoms with van der Waals surface area (Å²) in [6, 6.07) is 6.64. The van der Waals surface area contributed by atoms with Crippen LogP contribution in [0.4, 0.5) is 14.6 Å². The van der Waals surface area contributed by atoms with E-state index in [-0.39, 0.29) is 38.6 Å². The lowest BCUT2D eigenvalue weighted by Gasteiger charge is -2.10. The van der Waals surface area contributed by atoms with E-state index in [0.717, 1.165) is 0 Å². The van der Waals surface area contributed by atoms with Gasteiger partial charge in [0.15, 0.2) is 0 Å². The highest BCUT2D eigenvalue weighted by Crippen LogP contribution is 2.29. The third-order valence-corrected chi connectivity index (χ3v) is 3.14. The van der Waals surface area contributed by atoms with Gasteiger partial charge in [-0.1, -0.05) is 12.2 Å². The second-order valence-electron chi connectivity index (χ2n) is 4.30. The molecule has 0 atom stereocenters. The van der Waals surface area contributed by atoms with E-state index in [1.165, 1.54) is 18.3 Å². The first-order valence-corrected chi connectivity index (χ1v) is 6.62. The molecular weight excluding hydrogens is 324 g/mol. The van der Waals surface area contributed by atoms with Crippen LogP contribution in [0.15, 0.2) is 18.3 Å². The molecule has 23 heavy (non-hydrogen) atoms. The first kappa shape index (κ1) is 16.3. The maximum absolute atomic E-state index is 12.1. The topological polar surface area (TPSA) is 112 Å². The summed E-state index contributed by atoms with van der Waals surface area (Å²) < 4.78 is 29.1. The zero-order chi connectivity index (χ0) is 17.0. The van der Waals surface area contributed by atoms with Crippen LogP contribution in [0.3, 0.4) is 0 Å². The Morgan fingerprint density at radius 3 is 2.52 bits per heavy atom. The number of nitriles is 2. The molecule has 0 unspecified atom stereocenters. The van der Waals surface area contributed by atoms with Crippen molar-refractivity contribution in [2.24, 2.45) is 0 Å². The Hall–Kier alpha value is -3.04. The molecule has 0 bridgehead atoms. The lowest BCUT2D eigenvalue weighted by atomic mass is 10.0. The molecule has 0 aromatic carbocycles. The summed E-state index contributed by atoms with van der Waals surface area (Å²) >= 11 is 5.03. The molecule has 0 aliphatic heterocycles. The summed E-state index contributed by atoms with van der Waals surface area (Å²) in [5.74, 6) is 0.159. The molecule has 0 radical (unpaired) electrons. The van der Waals surface area contributed by atoms with Gasteiger partial charge in [-0.25, -0.2) is 8.78 Å². The standard InChI is InChI=1S/C14H9F2N5OS/c15-11(16)6-22-7-1-2-10(20-5-7)12-8(3-17)13(19)21-14(23)9(12)4-18/h1-2,5,11H,6H2,(H3,19,21,23). The fourth-order valence-corrected chi connectivity index (χ4v) is 2.13. The second kappa shape index (κ2) is 6.81. The molecule has 2 rings (SSSR count). The average Bonchev–Trinajstić information content (AvgIpc) is 2.53. The number of aromatic nitrogens is 2. The largest absolute Gasteiger partial charge is 0.486 e. The number of rotatable bonds is 4. The van der Waals surface area contributed by atoms with Gasteiger partial charge in [0.05, 0.1) is 17.5 Å². The van der Waals surface area contributed by atoms with Crippen molar-refractivity contribution in [2.75, 3.05) is 12.3 Å². The summed E-state index contributed by atoms with van der Waals surface area (Å²) in [7, 11) is 0. The van der Waals surface area contributed by atoms with E-state index >= 15 is 0 Å². The van der Waals surface area contributed by atoms with Crippen molar-refractivity contribution >= 4 is 18.0 Å². The van der Waals surface area contributed by atoms with Gasteiger partial charge in [-0.3, -0.25) is 4.98 Å². The number of aromatic amines is 1. The number of halogens is 2. The highest BCUT2D eigenvalue weighted by molar-refractivity contribution is 7.71. The minimum atomic E-state index is -2.60. The number of anilines is 1. The molecule has 2 aromatic rings. The van der Waals surface area contributed by atoms with Gasteiger partial charge in [-0.15, -0.1) is 0 Å². The number of ether oxygens (including phenoxy) is 1. The Balaban J connectivity index is 2.53. The van der Waals surface area contributed by atoms with Crippen LogP contribution in [0.25, 0.3) is 11.3 Å².